The molecule has 2 aromatic rings. The average molecular weight is 403 g/mol. The normalized spacial score (nSPS) is 10.8. The molecule has 0 radical (unpaired) electrons. The average Bonchev–Trinajstić information content (AvgIpc) is 2.61. The molecule has 2 rings (SSSR count). The first-order valence-corrected chi connectivity index (χ1v) is 9.32. The fraction of sp³-hybridized carbons (Fsp3) is 0.368. The van der Waals surface area contributed by atoms with Gasteiger partial charge >= 0.3 is 0 Å². The van der Waals surface area contributed by atoms with Gasteiger partial charge in [0.25, 0.3) is 0 Å². The molecule has 1 N–H and O–H groups in total. The number of rotatable bonds is 9. The molecule has 0 bridgehead atoms. The van der Waals surface area contributed by atoms with Crippen molar-refractivity contribution in [3.05, 3.63) is 56.5 Å². The number of nitrogens with one attached hydrogen (secondary N) is 1. The van der Waals surface area contributed by atoms with Crippen molar-refractivity contribution in [2.75, 3.05) is 13.7 Å². The first-order valence-electron chi connectivity index (χ1n) is 8.19. The Bertz CT molecular complexity index is 707. The molecule has 136 valence electrons. The second kappa shape index (κ2) is 10.1. The maximum absolute atomic E-state index is 6.38. The SMILES string of the molecule is CCCCNCc1cc(OC)c(OCc2ccc(Cl)c(Cl)c2)cc1Cl. The maximum atomic E-state index is 6.38. The Labute approximate surface area is 164 Å². The van der Waals surface area contributed by atoms with Crippen molar-refractivity contribution in [3.63, 3.8) is 0 Å². The zero-order valence-corrected chi connectivity index (χ0v) is 16.6. The highest BCUT2D eigenvalue weighted by Crippen LogP contribution is 2.34. The quantitative estimate of drug-likeness (QED) is 0.512. The van der Waals surface area contributed by atoms with Crippen LogP contribution in [0.4, 0.5) is 0 Å². The Morgan fingerprint density at radius 3 is 2.44 bits per heavy atom. The molecule has 0 fully saturated rings. The summed E-state index contributed by atoms with van der Waals surface area (Å²) in [5.41, 5.74) is 1.90. The molecule has 0 aromatic heterocycles. The van der Waals surface area contributed by atoms with Crippen molar-refractivity contribution in [1.29, 1.82) is 0 Å². The summed E-state index contributed by atoms with van der Waals surface area (Å²) >= 11 is 18.3. The zero-order chi connectivity index (χ0) is 18.2. The van der Waals surface area contributed by atoms with Crippen LogP contribution in [0.1, 0.15) is 30.9 Å². The predicted octanol–water partition coefficient (Wildman–Crippen LogP) is 6.12. The maximum Gasteiger partial charge on any atom is 0.163 e. The molecule has 0 heterocycles. The summed E-state index contributed by atoms with van der Waals surface area (Å²) in [7, 11) is 1.61. The summed E-state index contributed by atoms with van der Waals surface area (Å²) in [5, 5.41) is 5.04. The third-order valence-electron chi connectivity index (χ3n) is 3.73. The fourth-order valence-corrected chi connectivity index (χ4v) is 2.84. The molecule has 0 aliphatic carbocycles. The van der Waals surface area contributed by atoms with Gasteiger partial charge in [-0.1, -0.05) is 54.2 Å². The highest BCUT2D eigenvalue weighted by Gasteiger charge is 2.11. The molecule has 0 aliphatic heterocycles. The summed E-state index contributed by atoms with van der Waals surface area (Å²) in [6.07, 6.45) is 2.30. The molecule has 0 spiro atoms. The molecule has 0 aliphatic rings. The Hall–Kier alpha value is -1.13. The first kappa shape index (κ1) is 20.2. The summed E-state index contributed by atoms with van der Waals surface area (Å²) in [6, 6.07) is 9.09. The third-order valence-corrected chi connectivity index (χ3v) is 4.82. The van der Waals surface area contributed by atoms with Crippen LogP contribution in [-0.2, 0) is 13.2 Å². The topological polar surface area (TPSA) is 30.5 Å². The van der Waals surface area contributed by atoms with Gasteiger partial charge in [-0.25, -0.2) is 0 Å². The molecular formula is C19H22Cl3NO2. The largest absolute Gasteiger partial charge is 0.493 e. The lowest BCUT2D eigenvalue weighted by Gasteiger charge is -2.14. The van der Waals surface area contributed by atoms with Gasteiger partial charge in [0.2, 0.25) is 0 Å². The molecule has 0 saturated heterocycles. The Morgan fingerprint density at radius 1 is 0.960 bits per heavy atom. The highest BCUT2D eigenvalue weighted by molar-refractivity contribution is 6.42. The lowest BCUT2D eigenvalue weighted by molar-refractivity contribution is 0.284. The van der Waals surface area contributed by atoms with Crippen LogP contribution in [0.2, 0.25) is 15.1 Å². The van der Waals surface area contributed by atoms with Gasteiger partial charge in [0.15, 0.2) is 11.5 Å². The van der Waals surface area contributed by atoms with Crippen LogP contribution in [0, 0.1) is 0 Å². The Balaban J connectivity index is 2.06. The van der Waals surface area contributed by atoms with E-state index < -0.39 is 0 Å². The standard InChI is InChI=1S/C19H22Cl3NO2/c1-3-4-7-23-11-14-9-18(24-2)19(10-16(14)21)25-12-13-5-6-15(20)17(22)8-13/h5-6,8-10,23H,3-4,7,11-12H2,1-2H3. The number of ether oxygens (including phenoxy) is 2. The molecule has 0 amide bonds. The van der Waals surface area contributed by atoms with E-state index in [1.807, 2.05) is 12.1 Å². The van der Waals surface area contributed by atoms with Gasteiger partial charge in [0.1, 0.15) is 6.61 Å². The molecule has 0 atom stereocenters. The van der Waals surface area contributed by atoms with Crippen LogP contribution in [-0.4, -0.2) is 13.7 Å². The molecular weight excluding hydrogens is 381 g/mol. The zero-order valence-electron chi connectivity index (χ0n) is 14.4. The second-order valence-electron chi connectivity index (χ2n) is 5.66. The number of hydrogen-bond acceptors (Lipinski definition) is 3. The van der Waals surface area contributed by atoms with E-state index in [0.717, 1.165) is 30.5 Å². The van der Waals surface area contributed by atoms with Crippen LogP contribution >= 0.6 is 34.8 Å². The van der Waals surface area contributed by atoms with E-state index in [4.69, 9.17) is 44.3 Å². The van der Waals surface area contributed by atoms with Gasteiger partial charge in [-0.05, 0) is 42.3 Å². The smallest absolute Gasteiger partial charge is 0.163 e. The van der Waals surface area contributed by atoms with Crippen molar-refractivity contribution in [2.24, 2.45) is 0 Å². The minimum Gasteiger partial charge on any atom is -0.493 e. The number of benzene rings is 2. The Kier molecular flexibility index (Phi) is 8.17. The van der Waals surface area contributed by atoms with Gasteiger partial charge in [-0.3, -0.25) is 0 Å². The third kappa shape index (κ3) is 5.96. The summed E-state index contributed by atoms with van der Waals surface area (Å²) in [4.78, 5) is 0. The summed E-state index contributed by atoms with van der Waals surface area (Å²) < 4.78 is 11.3. The molecule has 6 heteroatoms. The van der Waals surface area contributed by atoms with Crippen molar-refractivity contribution in [3.8, 4) is 11.5 Å². The van der Waals surface area contributed by atoms with E-state index >= 15 is 0 Å². The number of unbranched alkanes of at least 4 members (excludes halogenated alkanes) is 1. The van der Waals surface area contributed by atoms with E-state index in [2.05, 4.69) is 12.2 Å². The van der Waals surface area contributed by atoms with Crippen molar-refractivity contribution >= 4 is 34.8 Å². The summed E-state index contributed by atoms with van der Waals surface area (Å²) in [6.45, 7) is 4.17. The van der Waals surface area contributed by atoms with Crippen LogP contribution in [0.3, 0.4) is 0 Å². The number of halogens is 3. The lowest BCUT2D eigenvalue weighted by Crippen LogP contribution is -2.14. The van der Waals surface area contributed by atoms with E-state index in [-0.39, 0.29) is 0 Å². The van der Waals surface area contributed by atoms with Crippen LogP contribution in [0.15, 0.2) is 30.3 Å². The fourth-order valence-electron chi connectivity index (χ4n) is 2.30. The van der Waals surface area contributed by atoms with Crippen LogP contribution in [0.5, 0.6) is 11.5 Å². The van der Waals surface area contributed by atoms with E-state index in [1.54, 1.807) is 25.3 Å². The first-order chi connectivity index (χ1) is 12.0. The lowest BCUT2D eigenvalue weighted by atomic mass is 10.2. The van der Waals surface area contributed by atoms with Crippen molar-refractivity contribution in [2.45, 2.75) is 32.9 Å². The highest BCUT2D eigenvalue weighted by atomic mass is 35.5. The van der Waals surface area contributed by atoms with E-state index in [1.165, 1.54) is 0 Å². The van der Waals surface area contributed by atoms with Crippen LogP contribution < -0.4 is 14.8 Å². The van der Waals surface area contributed by atoms with Crippen LogP contribution in [0.25, 0.3) is 0 Å². The van der Waals surface area contributed by atoms with Gasteiger partial charge in [0, 0.05) is 17.6 Å². The van der Waals surface area contributed by atoms with E-state index in [9.17, 15) is 0 Å². The number of hydrogen-bond donors (Lipinski definition) is 1. The van der Waals surface area contributed by atoms with Gasteiger partial charge in [0.05, 0.1) is 17.2 Å². The molecule has 0 saturated carbocycles. The Morgan fingerprint density at radius 2 is 1.76 bits per heavy atom. The monoisotopic (exact) mass is 401 g/mol. The minimum absolute atomic E-state index is 0.345. The number of methoxy groups -OCH3 is 1. The van der Waals surface area contributed by atoms with Crippen molar-refractivity contribution < 1.29 is 9.47 Å². The predicted molar refractivity (Wildman–Crippen MR) is 105 cm³/mol. The molecule has 0 unspecified atom stereocenters. The minimum atomic E-state index is 0.345. The molecule has 2 aromatic carbocycles. The van der Waals surface area contributed by atoms with Crippen molar-refractivity contribution in [1.82, 2.24) is 5.32 Å². The molecule has 25 heavy (non-hydrogen) atoms. The molecule has 3 nitrogen and oxygen atoms in total. The van der Waals surface area contributed by atoms with E-state index in [0.29, 0.717) is 39.7 Å². The van der Waals surface area contributed by atoms with Gasteiger partial charge in [-0.15, -0.1) is 0 Å². The summed E-state index contributed by atoms with van der Waals surface area (Å²) in [5.74, 6) is 1.24. The second-order valence-corrected chi connectivity index (χ2v) is 6.88. The van der Waals surface area contributed by atoms with Gasteiger partial charge < -0.3 is 14.8 Å². The van der Waals surface area contributed by atoms with Gasteiger partial charge in [-0.2, -0.15) is 0 Å².